The fourth-order valence-electron chi connectivity index (χ4n) is 0.596. The average molecular weight is 146 g/mol. The third kappa shape index (κ3) is 2.89. The van der Waals surface area contributed by atoms with Gasteiger partial charge in [0.05, 0.1) is 0 Å². The number of rotatable bonds is 0. The predicted octanol–water partition coefficient (Wildman–Crippen LogP) is 2.31. The van der Waals surface area contributed by atoms with E-state index in [9.17, 15) is 4.79 Å². The average Bonchev–Trinajstić information content (AvgIpc) is 2.23. The fourth-order valence-corrected chi connectivity index (χ4v) is 1.67. The Balaban J connectivity index is 0.000000291. The maximum atomic E-state index is 10.5. The molecule has 1 saturated heterocycles. The molecule has 0 bridgehead atoms. The van der Waals surface area contributed by atoms with E-state index in [2.05, 4.69) is 0 Å². The van der Waals surface area contributed by atoms with E-state index in [1.165, 1.54) is 11.8 Å². The molecule has 1 nitrogen and oxygen atoms in total. The van der Waals surface area contributed by atoms with Gasteiger partial charge in [0.1, 0.15) is 0 Å². The van der Waals surface area contributed by atoms with Crippen LogP contribution < -0.4 is 0 Å². The van der Waals surface area contributed by atoms with Crippen LogP contribution in [0, 0.1) is 5.92 Å². The highest BCUT2D eigenvalue weighted by atomic mass is 32.2. The van der Waals surface area contributed by atoms with Crippen LogP contribution in [0.5, 0.6) is 0 Å². The zero-order chi connectivity index (χ0) is 7.28. The number of hydrogen-bond acceptors (Lipinski definition) is 2. The van der Waals surface area contributed by atoms with Crippen molar-refractivity contribution in [3.63, 3.8) is 0 Å². The fraction of sp³-hybridized carbons (Fsp3) is 0.857. The molecule has 54 valence electrons. The van der Waals surface area contributed by atoms with Gasteiger partial charge in [-0.25, -0.2) is 0 Å². The molecule has 0 unspecified atom stereocenters. The molecule has 0 aromatic carbocycles. The summed E-state index contributed by atoms with van der Waals surface area (Å²) in [7, 11) is 0. The summed E-state index contributed by atoms with van der Waals surface area (Å²) >= 11 is 1.47. The first-order valence-corrected chi connectivity index (χ1v) is 4.46. The molecule has 9 heavy (non-hydrogen) atoms. The summed E-state index contributed by atoms with van der Waals surface area (Å²) in [5.41, 5.74) is 0. The van der Waals surface area contributed by atoms with E-state index in [1.807, 2.05) is 20.8 Å². The molecule has 0 amide bonds. The molecule has 1 fully saturated rings. The summed E-state index contributed by atoms with van der Waals surface area (Å²) in [6, 6.07) is 0. The van der Waals surface area contributed by atoms with E-state index >= 15 is 0 Å². The van der Waals surface area contributed by atoms with Crippen molar-refractivity contribution >= 4 is 16.9 Å². The summed E-state index contributed by atoms with van der Waals surface area (Å²) in [5, 5.41) is 0.375. The highest BCUT2D eigenvalue weighted by Gasteiger charge is 2.19. The van der Waals surface area contributed by atoms with Crippen LogP contribution in [-0.4, -0.2) is 10.9 Å². The Morgan fingerprint density at radius 3 is 2.22 bits per heavy atom. The van der Waals surface area contributed by atoms with Crippen LogP contribution in [0.15, 0.2) is 0 Å². The second-order valence-corrected chi connectivity index (χ2v) is 2.96. The molecule has 1 aliphatic heterocycles. The minimum absolute atomic E-state index is 0.338. The Bertz CT molecular complexity index is 90.9. The van der Waals surface area contributed by atoms with Crippen molar-refractivity contribution in [2.24, 2.45) is 5.92 Å². The Labute approximate surface area is 61.2 Å². The van der Waals surface area contributed by atoms with E-state index in [-0.39, 0.29) is 0 Å². The summed E-state index contributed by atoms with van der Waals surface area (Å²) < 4.78 is 0. The first-order chi connectivity index (χ1) is 4.30. The van der Waals surface area contributed by atoms with Crippen molar-refractivity contribution in [2.45, 2.75) is 27.2 Å². The van der Waals surface area contributed by atoms with Crippen LogP contribution in [0.4, 0.5) is 0 Å². The monoisotopic (exact) mass is 146 g/mol. The van der Waals surface area contributed by atoms with Crippen molar-refractivity contribution in [1.29, 1.82) is 0 Å². The van der Waals surface area contributed by atoms with Crippen LogP contribution in [0.2, 0.25) is 0 Å². The van der Waals surface area contributed by atoms with E-state index in [1.54, 1.807) is 0 Å². The molecule has 0 N–H and O–H groups in total. The van der Waals surface area contributed by atoms with E-state index in [0.717, 1.165) is 12.2 Å². The maximum Gasteiger partial charge on any atom is 0.191 e. The molecule has 1 aliphatic rings. The highest BCUT2D eigenvalue weighted by molar-refractivity contribution is 8.14. The van der Waals surface area contributed by atoms with Crippen molar-refractivity contribution in [2.75, 3.05) is 5.75 Å². The third-order valence-electron chi connectivity index (χ3n) is 1.20. The normalized spacial score (nSPS) is 25.2. The van der Waals surface area contributed by atoms with Crippen LogP contribution in [0.1, 0.15) is 27.2 Å². The summed E-state index contributed by atoms with van der Waals surface area (Å²) in [4.78, 5) is 10.5. The van der Waals surface area contributed by atoms with Crippen molar-refractivity contribution in [3.05, 3.63) is 0 Å². The van der Waals surface area contributed by atoms with Gasteiger partial charge in [-0.15, -0.1) is 0 Å². The molecule has 0 aliphatic carbocycles. The molecule has 0 aromatic rings. The van der Waals surface area contributed by atoms with E-state index < -0.39 is 0 Å². The molecular formula is C7H14OS. The van der Waals surface area contributed by atoms with Crippen molar-refractivity contribution < 1.29 is 4.79 Å². The summed E-state index contributed by atoms with van der Waals surface area (Å²) in [5.74, 6) is 1.38. The second-order valence-electron chi connectivity index (χ2n) is 1.86. The molecule has 0 spiro atoms. The number of hydrogen-bond donors (Lipinski definition) is 0. The van der Waals surface area contributed by atoms with Crippen LogP contribution >= 0.6 is 11.8 Å². The lowest BCUT2D eigenvalue weighted by Crippen LogP contribution is -1.95. The van der Waals surface area contributed by atoms with Gasteiger partial charge >= 0.3 is 0 Å². The van der Waals surface area contributed by atoms with E-state index in [0.29, 0.717) is 11.0 Å². The summed E-state index contributed by atoms with van der Waals surface area (Å²) in [6.07, 6.45) is 1.09. The van der Waals surface area contributed by atoms with E-state index in [4.69, 9.17) is 0 Å². The van der Waals surface area contributed by atoms with Gasteiger partial charge in [0, 0.05) is 11.7 Å². The maximum absolute atomic E-state index is 10.5. The molecule has 2 heteroatoms. The lowest BCUT2D eigenvalue weighted by Gasteiger charge is -1.89. The Kier molecular flexibility index (Phi) is 4.87. The lowest BCUT2D eigenvalue weighted by atomic mass is 10.2. The van der Waals surface area contributed by atoms with Gasteiger partial charge in [-0.05, 0) is 6.42 Å². The standard InChI is InChI=1S/C5H8OS.C2H6/c1-4-2-3-7-5(4)6;1-2/h4H,2-3H2,1H3;1-2H3/t4-;/m0./s1. The number of carbonyl (C=O) groups excluding carboxylic acids is 1. The first kappa shape index (κ1) is 9.02. The predicted molar refractivity (Wildman–Crippen MR) is 42.6 cm³/mol. The Hall–Kier alpha value is 0.0200. The molecular weight excluding hydrogens is 132 g/mol. The van der Waals surface area contributed by atoms with Gasteiger partial charge in [-0.2, -0.15) is 0 Å². The quantitative estimate of drug-likeness (QED) is 0.521. The SMILES string of the molecule is CC.C[C@H]1CCSC1=O. The van der Waals surface area contributed by atoms with Crippen LogP contribution in [0.3, 0.4) is 0 Å². The summed E-state index contributed by atoms with van der Waals surface area (Å²) in [6.45, 7) is 5.99. The smallest absolute Gasteiger partial charge is 0.191 e. The molecule has 1 atom stereocenters. The first-order valence-electron chi connectivity index (χ1n) is 3.47. The minimum atomic E-state index is 0.338. The van der Waals surface area contributed by atoms with Gasteiger partial charge in [0.15, 0.2) is 5.12 Å². The number of thioether (sulfide) groups is 1. The van der Waals surface area contributed by atoms with Gasteiger partial charge in [-0.1, -0.05) is 32.5 Å². The third-order valence-corrected chi connectivity index (χ3v) is 2.32. The molecule has 0 saturated carbocycles. The number of carbonyl (C=O) groups is 1. The molecule has 1 heterocycles. The van der Waals surface area contributed by atoms with Gasteiger partial charge in [-0.3, -0.25) is 4.79 Å². The van der Waals surface area contributed by atoms with Crippen LogP contribution in [0.25, 0.3) is 0 Å². The Morgan fingerprint density at radius 2 is 2.11 bits per heavy atom. The van der Waals surface area contributed by atoms with Crippen molar-refractivity contribution in [3.8, 4) is 0 Å². The van der Waals surface area contributed by atoms with Crippen LogP contribution in [-0.2, 0) is 4.79 Å². The highest BCUT2D eigenvalue weighted by Crippen LogP contribution is 2.24. The lowest BCUT2D eigenvalue weighted by molar-refractivity contribution is -0.113. The van der Waals surface area contributed by atoms with Crippen molar-refractivity contribution in [1.82, 2.24) is 0 Å². The molecule has 1 rings (SSSR count). The zero-order valence-corrected chi connectivity index (χ0v) is 7.12. The topological polar surface area (TPSA) is 17.1 Å². The van der Waals surface area contributed by atoms with Gasteiger partial charge in [0.25, 0.3) is 0 Å². The second kappa shape index (κ2) is 4.86. The largest absolute Gasteiger partial charge is 0.287 e. The Morgan fingerprint density at radius 1 is 1.56 bits per heavy atom. The molecule has 0 radical (unpaired) electrons. The van der Waals surface area contributed by atoms with Gasteiger partial charge < -0.3 is 0 Å². The van der Waals surface area contributed by atoms with Gasteiger partial charge in [0.2, 0.25) is 0 Å². The molecule has 0 aromatic heterocycles. The minimum Gasteiger partial charge on any atom is -0.287 e. The zero-order valence-electron chi connectivity index (χ0n) is 6.31.